The minimum Gasteiger partial charge on any atom is -0.311 e. The van der Waals surface area contributed by atoms with Crippen LogP contribution in [0.15, 0.2) is 55.1 Å². The van der Waals surface area contributed by atoms with E-state index in [0.29, 0.717) is 30.6 Å². The highest BCUT2D eigenvalue weighted by Crippen LogP contribution is 2.26. The van der Waals surface area contributed by atoms with Crippen molar-refractivity contribution in [2.45, 2.75) is 58.9 Å². The Morgan fingerprint density at radius 3 is 2.62 bits per heavy atom. The van der Waals surface area contributed by atoms with Gasteiger partial charge in [0.2, 0.25) is 5.91 Å². The molecule has 0 aromatic carbocycles. The first-order valence-corrected chi connectivity index (χ1v) is 13.3. The van der Waals surface area contributed by atoms with Gasteiger partial charge in [-0.25, -0.2) is 14.5 Å². The SMILES string of the molecule is CCN(CC)C1CCN(c2ccc(Cc3nccc(-c4ccn5ncc(C(C)C)c5c4)n3)nc2)C(=O)C1. The lowest BCUT2D eigenvalue weighted by molar-refractivity contribution is -0.121. The molecule has 8 heteroatoms. The predicted molar refractivity (Wildman–Crippen MR) is 146 cm³/mol. The Kier molecular flexibility index (Phi) is 7.28. The lowest BCUT2D eigenvalue weighted by atomic mass is 10.0. The van der Waals surface area contributed by atoms with E-state index in [4.69, 9.17) is 4.98 Å². The summed E-state index contributed by atoms with van der Waals surface area (Å²) in [4.78, 5) is 31.0. The van der Waals surface area contributed by atoms with Gasteiger partial charge >= 0.3 is 0 Å². The van der Waals surface area contributed by atoms with Crippen molar-refractivity contribution in [2.24, 2.45) is 0 Å². The van der Waals surface area contributed by atoms with Crippen LogP contribution in [-0.2, 0) is 11.2 Å². The molecule has 1 amide bonds. The van der Waals surface area contributed by atoms with Gasteiger partial charge in [0.15, 0.2) is 0 Å². The van der Waals surface area contributed by atoms with E-state index in [1.54, 1.807) is 12.4 Å². The predicted octanol–water partition coefficient (Wildman–Crippen LogP) is 4.74. The summed E-state index contributed by atoms with van der Waals surface area (Å²) in [5.74, 6) is 1.28. The third-order valence-corrected chi connectivity index (χ3v) is 7.36. The molecule has 0 bridgehead atoms. The van der Waals surface area contributed by atoms with Crippen LogP contribution in [0.3, 0.4) is 0 Å². The summed E-state index contributed by atoms with van der Waals surface area (Å²) in [5.41, 5.74) is 5.96. The summed E-state index contributed by atoms with van der Waals surface area (Å²) in [6.45, 7) is 11.3. The first-order valence-electron chi connectivity index (χ1n) is 13.3. The van der Waals surface area contributed by atoms with Gasteiger partial charge in [-0.1, -0.05) is 27.7 Å². The number of hydrogen-bond acceptors (Lipinski definition) is 6. The molecule has 0 saturated carbocycles. The second kappa shape index (κ2) is 10.8. The zero-order valence-electron chi connectivity index (χ0n) is 22.1. The third kappa shape index (κ3) is 5.25. The quantitative estimate of drug-likeness (QED) is 0.350. The Hall–Kier alpha value is -3.65. The van der Waals surface area contributed by atoms with E-state index in [2.05, 4.69) is 53.7 Å². The number of rotatable bonds is 8. The molecule has 4 aromatic rings. The van der Waals surface area contributed by atoms with Crippen LogP contribution >= 0.6 is 0 Å². The molecule has 1 saturated heterocycles. The number of amides is 1. The number of piperidine rings is 1. The lowest BCUT2D eigenvalue weighted by Gasteiger charge is -2.37. The molecular weight excluding hydrogens is 462 g/mol. The molecule has 0 aliphatic carbocycles. The van der Waals surface area contributed by atoms with Crippen molar-refractivity contribution in [2.75, 3.05) is 24.5 Å². The maximum atomic E-state index is 12.9. The van der Waals surface area contributed by atoms with E-state index in [-0.39, 0.29) is 5.91 Å². The number of carbonyl (C=O) groups is 1. The zero-order chi connectivity index (χ0) is 25.9. The molecule has 1 aliphatic rings. The van der Waals surface area contributed by atoms with Gasteiger partial charge in [-0.15, -0.1) is 0 Å². The van der Waals surface area contributed by atoms with Crippen molar-refractivity contribution in [1.29, 1.82) is 0 Å². The molecule has 5 heterocycles. The van der Waals surface area contributed by atoms with E-state index in [0.717, 1.165) is 54.2 Å². The van der Waals surface area contributed by atoms with E-state index in [1.165, 1.54) is 5.56 Å². The van der Waals surface area contributed by atoms with E-state index >= 15 is 0 Å². The van der Waals surface area contributed by atoms with E-state index < -0.39 is 0 Å². The minimum absolute atomic E-state index is 0.171. The number of hydrogen-bond donors (Lipinski definition) is 0. The normalized spacial score (nSPS) is 16.3. The number of fused-ring (bicyclic) bond motifs is 1. The van der Waals surface area contributed by atoms with Gasteiger partial charge in [-0.2, -0.15) is 5.10 Å². The second-order valence-corrected chi connectivity index (χ2v) is 9.96. The molecule has 1 atom stereocenters. The summed E-state index contributed by atoms with van der Waals surface area (Å²) < 4.78 is 1.91. The number of pyridine rings is 2. The first kappa shape index (κ1) is 25.0. The third-order valence-electron chi connectivity index (χ3n) is 7.36. The fourth-order valence-corrected chi connectivity index (χ4v) is 5.23. The van der Waals surface area contributed by atoms with Crippen molar-refractivity contribution >= 4 is 17.1 Å². The van der Waals surface area contributed by atoms with Crippen molar-refractivity contribution in [3.05, 3.63) is 72.2 Å². The van der Waals surface area contributed by atoms with Crippen LogP contribution in [0.5, 0.6) is 0 Å². The molecule has 0 N–H and O–H groups in total. The fourth-order valence-electron chi connectivity index (χ4n) is 5.23. The molecule has 1 fully saturated rings. The molecule has 0 spiro atoms. The van der Waals surface area contributed by atoms with Gasteiger partial charge in [-0.3, -0.25) is 9.78 Å². The number of anilines is 1. The fraction of sp³-hybridized carbons (Fsp3) is 0.414. The van der Waals surface area contributed by atoms with E-state index in [9.17, 15) is 4.79 Å². The van der Waals surface area contributed by atoms with Gasteiger partial charge in [0.1, 0.15) is 5.82 Å². The average Bonchev–Trinajstić information content (AvgIpc) is 3.34. The highest BCUT2D eigenvalue weighted by Gasteiger charge is 2.29. The molecule has 4 aromatic heterocycles. The van der Waals surface area contributed by atoms with Crippen LogP contribution in [0.25, 0.3) is 16.8 Å². The van der Waals surface area contributed by atoms with Crippen LogP contribution in [0.4, 0.5) is 5.69 Å². The molecule has 5 rings (SSSR count). The van der Waals surface area contributed by atoms with Crippen LogP contribution in [0.1, 0.15) is 63.5 Å². The molecule has 8 nitrogen and oxygen atoms in total. The van der Waals surface area contributed by atoms with Crippen LogP contribution in [0.2, 0.25) is 0 Å². The van der Waals surface area contributed by atoms with Crippen LogP contribution in [0, 0.1) is 0 Å². The molecule has 1 unspecified atom stereocenters. The van der Waals surface area contributed by atoms with Gasteiger partial charge in [0.05, 0.1) is 35.7 Å². The number of carbonyl (C=O) groups excluding carboxylic acids is 1. The van der Waals surface area contributed by atoms with Crippen molar-refractivity contribution in [1.82, 2.24) is 29.5 Å². The maximum absolute atomic E-state index is 12.9. The van der Waals surface area contributed by atoms with Crippen molar-refractivity contribution in [3.63, 3.8) is 0 Å². The van der Waals surface area contributed by atoms with Gasteiger partial charge < -0.3 is 9.80 Å². The zero-order valence-corrected chi connectivity index (χ0v) is 22.1. The largest absolute Gasteiger partial charge is 0.311 e. The molecule has 0 radical (unpaired) electrons. The molecular formula is C29H35N7O. The van der Waals surface area contributed by atoms with Gasteiger partial charge in [-0.05, 0) is 55.8 Å². The van der Waals surface area contributed by atoms with Crippen LogP contribution < -0.4 is 4.90 Å². The summed E-state index contributed by atoms with van der Waals surface area (Å²) >= 11 is 0. The average molecular weight is 498 g/mol. The summed E-state index contributed by atoms with van der Waals surface area (Å²) in [6.07, 6.45) is 9.59. The first-order chi connectivity index (χ1) is 18.0. The molecule has 37 heavy (non-hydrogen) atoms. The van der Waals surface area contributed by atoms with Gasteiger partial charge in [0, 0.05) is 48.2 Å². The highest BCUT2D eigenvalue weighted by molar-refractivity contribution is 5.94. The van der Waals surface area contributed by atoms with Crippen molar-refractivity contribution < 1.29 is 4.79 Å². The topological polar surface area (TPSA) is 79.5 Å². The Labute approximate surface area is 218 Å². The smallest absolute Gasteiger partial charge is 0.228 e. The number of aromatic nitrogens is 5. The Bertz CT molecular complexity index is 1370. The summed E-state index contributed by atoms with van der Waals surface area (Å²) in [7, 11) is 0. The second-order valence-electron chi connectivity index (χ2n) is 9.96. The lowest BCUT2D eigenvalue weighted by Crippen LogP contribution is -2.47. The Morgan fingerprint density at radius 1 is 1.08 bits per heavy atom. The summed E-state index contributed by atoms with van der Waals surface area (Å²) in [5, 5.41) is 4.46. The van der Waals surface area contributed by atoms with Crippen molar-refractivity contribution in [3.8, 4) is 11.3 Å². The highest BCUT2D eigenvalue weighted by atomic mass is 16.2. The minimum atomic E-state index is 0.171. The molecule has 192 valence electrons. The maximum Gasteiger partial charge on any atom is 0.228 e. The Morgan fingerprint density at radius 2 is 1.92 bits per heavy atom. The van der Waals surface area contributed by atoms with Gasteiger partial charge in [0.25, 0.3) is 0 Å². The van der Waals surface area contributed by atoms with E-state index in [1.807, 2.05) is 46.1 Å². The standard InChI is InChI=1S/C29H35N7O/c1-5-34(6-2)23-11-13-35(29(37)17-23)24-8-7-22(31-18-24)16-28-30-12-9-26(33-28)21-10-14-36-27(15-21)25(19-32-36)20(3)4/h7-10,12,14-15,18-20,23H,5-6,11,13,16-17H2,1-4H3. The summed E-state index contributed by atoms with van der Waals surface area (Å²) in [6, 6.07) is 10.4. The number of nitrogens with zero attached hydrogens (tertiary/aromatic N) is 7. The Balaban J connectivity index is 1.29. The monoisotopic (exact) mass is 497 g/mol. The molecule has 1 aliphatic heterocycles. The van der Waals surface area contributed by atoms with Crippen LogP contribution in [-0.4, -0.2) is 61.0 Å².